The van der Waals surface area contributed by atoms with E-state index >= 15 is 0 Å². The van der Waals surface area contributed by atoms with Crippen molar-refractivity contribution in [2.24, 2.45) is 0 Å². The van der Waals surface area contributed by atoms with E-state index in [-0.39, 0.29) is 22.6 Å². The zero-order valence-corrected chi connectivity index (χ0v) is 15.9. The first-order chi connectivity index (χ1) is 13.2. The average molecular weight is 392 g/mol. The summed E-state index contributed by atoms with van der Waals surface area (Å²) >= 11 is 0. The van der Waals surface area contributed by atoms with E-state index in [1.165, 1.54) is 27.2 Å². The highest BCUT2D eigenvalue weighted by atomic mass is 16.5. The van der Waals surface area contributed by atoms with Crippen molar-refractivity contribution in [1.82, 2.24) is 0 Å². The lowest BCUT2D eigenvalue weighted by Crippen LogP contribution is -2.13. The smallest absolute Gasteiger partial charge is 0.351 e. The molecule has 0 amide bonds. The summed E-state index contributed by atoms with van der Waals surface area (Å²) in [6.07, 6.45) is 0. The van der Waals surface area contributed by atoms with Gasteiger partial charge in [0, 0.05) is 23.3 Å². The van der Waals surface area contributed by atoms with Gasteiger partial charge in [-0.1, -0.05) is 0 Å². The Morgan fingerprint density at radius 3 is 1.82 bits per heavy atom. The number of esters is 2. The van der Waals surface area contributed by atoms with E-state index in [9.17, 15) is 24.9 Å². The Morgan fingerprint density at radius 2 is 1.29 bits per heavy atom. The van der Waals surface area contributed by atoms with Crippen LogP contribution in [0.1, 0.15) is 31.8 Å². The normalized spacial score (nSPS) is 10.3. The summed E-state index contributed by atoms with van der Waals surface area (Å²) in [6.45, 7) is 2.92. The zero-order valence-electron chi connectivity index (χ0n) is 15.9. The van der Waals surface area contributed by atoms with Gasteiger partial charge in [0.2, 0.25) is 0 Å². The fraction of sp³-hybridized carbons (Fsp3) is 0.263. The van der Waals surface area contributed by atoms with E-state index < -0.39 is 34.8 Å². The molecule has 0 aromatic heterocycles. The molecule has 0 fully saturated rings. The maximum atomic E-state index is 12.7. The molecule has 2 aromatic carbocycles. The van der Waals surface area contributed by atoms with Gasteiger partial charge < -0.3 is 34.3 Å². The van der Waals surface area contributed by atoms with Crippen molar-refractivity contribution in [3.63, 3.8) is 0 Å². The van der Waals surface area contributed by atoms with E-state index in [0.717, 1.165) is 13.2 Å². The van der Waals surface area contributed by atoms with Gasteiger partial charge in [-0.3, -0.25) is 0 Å². The number of hydrogen-bond acceptors (Lipinski definition) is 9. The maximum Gasteiger partial charge on any atom is 0.351 e. The maximum absolute atomic E-state index is 12.7. The number of hydrogen-bond donors (Lipinski definition) is 3. The highest BCUT2D eigenvalue weighted by molar-refractivity contribution is 5.99. The Labute approximate surface area is 160 Å². The van der Waals surface area contributed by atoms with Crippen molar-refractivity contribution in [3.8, 4) is 34.5 Å². The average Bonchev–Trinajstić information content (AvgIpc) is 2.67. The molecule has 0 bridgehead atoms. The third-order valence-electron chi connectivity index (χ3n) is 4.19. The number of methoxy groups -OCH3 is 3. The molecule has 150 valence electrons. The van der Waals surface area contributed by atoms with Crippen LogP contribution in [-0.4, -0.2) is 48.6 Å². The molecule has 0 unspecified atom stereocenters. The van der Waals surface area contributed by atoms with Crippen molar-refractivity contribution < 1.29 is 43.9 Å². The van der Waals surface area contributed by atoms with Gasteiger partial charge in [-0.25, -0.2) is 9.59 Å². The molecular weight excluding hydrogens is 372 g/mol. The Kier molecular flexibility index (Phi) is 5.87. The van der Waals surface area contributed by atoms with Crippen LogP contribution in [0.3, 0.4) is 0 Å². The van der Waals surface area contributed by atoms with Gasteiger partial charge in [0.25, 0.3) is 0 Å². The first-order valence-electron chi connectivity index (χ1n) is 7.98. The van der Waals surface area contributed by atoms with Crippen LogP contribution in [0.15, 0.2) is 12.1 Å². The van der Waals surface area contributed by atoms with E-state index in [4.69, 9.17) is 14.2 Å². The van der Waals surface area contributed by atoms with E-state index in [1.54, 1.807) is 6.92 Å². The molecule has 2 aromatic rings. The van der Waals surface area contributed by atoms with E-state index in [0.29, 0.717) is 11.3 Å². The number of ether oxygens (including phenoxy) is 4. The third kappa shape index (κ3) is 3.46. The zero-order chi connectivity index (χ0) is 21.2. The quantitative estimate of drug-likeness (QED) is 0.518. The summed E-state index contributed by atoms with van der Waals surface area (Å²) in [5.74, 6) is -3.52. The van der Waals surface area contributed by atoms with Crippen LogP contribution in [0.5, 0.6) is 34.5 Å². The fourth-order valence-corrected chi connectivity index (χ4v) is 2.58. The molecule has 9 nitrogen and oxygen atoms in total. The molecule has 0 saturated heterocycles. The van der Waals surface area contributed by atoms with Crippen molar-refractivity contribution in [3.05, 3.63) is 34.4 Å². The van der Waals surface area contributed by atoms with Crippen LogP contribution in [0.2, 0.25) is 0 Å². The molecule has 0 spiro atoms. The van der Waals surface area contributed by atoms with Gasteiger partial charge in [0.1, 0.15) is 45.6 Å². The second kappa shape index (κ2) is 7.95. The molecule has 2 rings (SSSR count). The predicted octanol–water partition coefficient (Wildman–Crippen LogP) is 2.44. The third-order valence-corrected chi connectivity index (χ3v) is 4.19. The molecule has 9 heteroatoms. The van der Waals surface area contributed by atoms with Gasteiger partial charge in [-0.15, -0.1) is 0 Å². The SMILES string of the molecule is COC(=O)c1c(O)cc(OC(=O)c2c(OC)cc(OC)c(C)c2O)c(C)c1O. The van der Waals surface area contributed by atoms with Crippen LogP contribution in [-0.2, 0) is 4.74 Å². The van der Waals surface area contributed by atoms with Gasteiger partial charge in [-0.05, 0) is 13.8 Å². The minimum absolute atomic E-state index is 0.00206. The van der Waals surface area contributed by atoms with Crippen LogP contribution in [0.25, 0.3) is 0 Å². The van der Waals surface area contributed by atoms with E-state index in [1.807, 2.05) is 0 Å². The second-order valence-electron chi connectivity index (χ2n) is 5.75. The van der Waals surface area contributed by atoms with Gasteiger partial charge in [0.15, 0.2) is 0 Å². The monoisotopic (exact) mass is 392 g/mol. The molecule has 0 aliphatic carbocycles. The summed E-state index contributed by atoms with van der Waals surface area (Å²) in [5, 5.41) is 30.6. The Morgan fingerprint density at radius 1 is 0.750 bits per heavy atom. The summed E-state index contributed by atoms with van der Waals surface area (Å²) < 4.78 is 20.0. The standard InChI is InChI=1S/C19H20O9/c1-8-11(25-3)7-13(26-4)15(17(8)22)19(24)28-12-6-10(20)14(18(23)27-5)16(21)9(12)2/h6-7,20-22H,1-5H3. The summed E-state index contributed by atoms with van der Waals surface area (Å²) in [7, 11) is 3.79. The highest BCUT2D eigenvalue weighted by Gasteiger charge is 2.27. The number of rotatable bonds is 5. The summed E-state index contributed by atoms with van der Waals surface area (Å²) in [5.41, 5.74) is -0.425. The Bertz CT molecular complexity index is 947. The molecule has 0 radical (unpaired) electrons. The number of aromatic hydroxyl groups is 3. The van der Waals surface area contributed by atoms with Crippen molar-refractivity contribution in [2.75, 3.05) is 21.3 Å². The minimum Gasteiger partial charge on any atom is -0.507 e. The Hall–Kier alpha value is -3.62. The van der Waals surface area contributed by atoms with Crippen LogP contribution < -0.4 is 14.2 Å². The Balaban J connectivity index is 2.52. The number of phenols is 3. The summed E-state index contributed by atoms with van der Waals surface area (Å²) in [6, 6.07) is 2.40. The fourth-order valence-electron chi connectivity index (χ4n) is 2.58. The van der Waals surface area contributed by atoms with Crippen LogP contribution >= 0.6 is 0 Å². The molecule has 28 heavy (non-hydrogen) atoms. The molecule has 0 aliphatic rings. The number of carbonyl (C=O) groups excluding carboxylic acids is 2. The number of benzene rings is 2. The molecular formula is C19H20O9. The van der Waals surface area contributed by atoms with Gasteiger partial charge in [0.05, 0.1) is 21.3 Å². The first kappa shape index (κ1) is 20.7. The van der Waals surface area contributed by atoms with Gasteiger partial charge in [-0.2, -0.15) is 0 Å². The molecule has 0 heterocycles. The first-order valence-corrected chi connectivity index (χ1v) is 7.98. The topological polar surface area (TPSA) is 132 Å². The lowest BCUT2D eigenvalue weighted by Gasteiger charge is -2.16. The molecule has 0 aliphatic heterocycles. The van der Waals surface area contributed by atoms with Crippen molar-refractivity contribution in [1.29, 1.82) is 0 Å². The minimum atomic E-state index is -1.01. The van der Waals surface area contributed by atoms with E-state index in [2.05, 4.69) is 4.74 Å². The number of phenolic OH excluding ortho intramolecular Hbond substituents is 3. The van der Waals surface area contributed by atoms with Crippen molar-refractivity contribution >= 4 is 11.9 Å². The van der Waals surface area contributed by atoms with Gasteiger partial charge >= 0.3 is 11.9 Å². The lowest BCUT2D eigenvalue weighted by molar-refractivity contribution is 0.0593. The number of carbonyl (C=O) groups is 2. The molecule has 0 atom stereocenters. The summed E-state index contributed by atoms with van der Waals surface area (Å²) in [4.78, 5) is 24.3. The molecule has 0 saturated carbocycles. The largest absolute Gasteiger partial charge is 0.507 e. The van der Waals surface area contributed by atoms with Crippen LogP contribution in [0, 0.1) is 13.8 Å². The van der Waals surface area contributed by atoms with Crippen molar-refractivity contribution in [2.45, 2.75) is 13.8 Å². The second-order valence-corrected chi connectivity index (χ2v) is 5.75. The lowest BCUT2D eigenvalue weighted by atomic mass is 10.1. The van der Waals surface area contributed by atoms with Crippen LogP contribution in [0.4, 0.5) is 0 Å². The highest BCUT2D eigenvalue weighted by Crippen LogP contribution is 2.41. The predicted molar refractivity (Wildman–Crippen MR) is 96.8 cm³/mol. The molecule has 3 N–H and O–H groups in total.